The van der Waals surface area contributed by atoms with Crippen molar-refractivity contribution in [1.82, 2.24) is 9.97 Å². The Morgan fingerprint density at radius 1 is 1.77 bits per heavy atom. The molecule has 0 saturated carbocycles. The summed E-state index contributed by atoms with van der Waals surface area (Å²) in [4.78, 5) is 18.7. The molecule has 0 bridgehead atoms. The van der Waals surface area contributed by atoms with Gasteiger partial charge in [0, 0.05) is 0 Å². The molecule has 0 spiro atoms. The third-order valence-corrected chi connectivity index (χ3v) is 2.23. The van der Waals surface area contributed by atoms with Gasteiger partial charge in [-0.3, -0.25) is 0 Å². The van der Waals surface area contributed by atoms with Gasteiger partial charge in [-0.1, -0.05) is 11.6 Å². The molecule has 0 N–H and O–H groups in total. The van der Waals surface area contributed by atoms with Crippen LogP contribution in [0.4, 0.5) is 0 Å². The Balaban J connectivity index is 2.90. The van der Waals surface area contributed by atoms with Gasteiger partial charge in [0.05, 0.1) is 12.8 Å². The lowest BCUT2D eigenvalue weighted by atomic mass is 10.5. The summed E-state index contributed by atoms with van der Waals surface area (Å²) in [6.45, 7) is 2.02. The largest absolute Gasteiger partial charge is 0.461 e. The van der Waals surface area contributed by atoms with Crippen LogP contribution in [0.15, 0.2) is 10.8 Å². The van der Waals surface area contributed by atoms with Gasteiger partial charge in [-0.05, 0) is 22.9 Å². The molecule has 0 radical (unpaired) electrons. The molecule has 70 valence electrons. The molecule has 0 amide bonds. The molecule has 1 heterocycles. The number of nitrogens with zero attached hydrogens (tertiary/aromatic N) is 2. The van der Waals surface area contributed by atoms with E-state index in [4.69, 9.17) is 16.3 Å². The third kappa shape index (κ3) is 2.63. The van der Waals surface area contributed by atoms with E-state index in [1.165, 1.54) is 6.20 Å². The van der Waals surface area contributed by atoms with Crippen molar-refractivity contribution in [3.63, 3.8) is 0 Å². The fraction of sp³-hybridized carbons (Fsp3) is 0.286. The molecular weight excluding hydrogens is 259 g/mol. The van der Waals surface area contributed by atoms with Crippen molar-refractivity contribution < 1.29 is 9.53 Å². The minimum atomic E-state index is -0.507. The Labute approximate surface area is 88.4 Å². The summed E-state index contributed by atoms with van der Waals surface area (Å²) in [6.07, 6.45) is 1.27. The van der Waals surface area contributed by atoms with E-state index in [1.807, 2.05) is 0 Å². The average molecular weight is 265 g/mol. The number of carbonyl (C=O) groups is 1. The standard InChI is InChI=1S/C7H6BrClN2O2/c1-2-13-7(12)4-3-10-6(9)5(8)11-4/h3H,2H2,1H3. The topological polar surface area (TPSA) is 52.1 Å². The van der Waals surface area contributed by atoms with Gasteiger partial charge in [-0.15, -0.1) is 0 Å². The number of aromatic nitrogens is 2. The maximum absolute atomic E-state index is 11.1. The summed E-state index contributed by atoms with van der Waals surface area (Å²) in [5.74, 6) is -0.507. The van der Waals surface area contributed by atoms with Gasteiger partial charge < -0.3 is 4.74 Å². The lowest BCUT2D eigenvalue weighted by molar-refractivity contribution is 0.0518. The first kappa shape index (κ1) is 10.4. The molecular formula is C7H6BrClN2O2. The zero-order valence-corrected chi connectivity index (χ0v) is 9.09. The number of esters is 1. The Hall–Kier alpha value is -0.680. The zero-order chi connectivity index (χ0) is 9.84. The fourth-order valence-corrected chi connectivity index (χ4v) is 1.04. The summed E-state index contributed by atoms with van der Waals surface area (Å²) >= 11 is 8.64. The lowest BCUT2D eigenvalue weighted by Gasteiger charge is -2.00. The molecule has 1 aromatic rings. The Kier molecular flexibility index (Phi) is 3.62. The molecule has 0 atom stereocenters. The van der Waals surface area contributed by atoms with Gasteiger partial charge in [0.25, 0.3) is 0 Å². The summed E-state index contributed by atoms with van der Waals surface area (Å²) in [7, 11) is 0. The summed E-state index contributed by atoms with van der Waals surface area (Å²) < 4.78 is 5.05. The molecule has 4 nitrogen and oxygen atoms in total. The molecule has 13 heavy (non-hydrogen) atoms. The van der Waals surface area contributed by atoms with E-state index in [0.717, 1.165) is 0 Å². The van der Waals surface area contributed by atoms with Crippen LogP contribution in [0, 0.1) is 0 Å². The predicted molar refractivity (Wildman–Crippen MR) is 50.7 cm³/mol. The summed E-state index contributed by atoms with van der Waals surface area (Å²) in [5.41, 5.74) is 0.137. The zero-order valence-electron chi connectivity index (χ0n) is 6.75. The number of hydrogen-bond donors (Lipinski definition) is 0. The maximum Gasteiger partial charge on any atom is 0.358 e. The molecule has 0 aliphatic rings. The van der Waals surface area contributed by atoms with Crippen molar-refractivity contribution in [2.24, 2.45) is 0 Å². The van der Waals surface area contributed by atoms with Gasteiger partial charge in [0.2, 0.25) is 0 Å². The van der Waals surface area contributed by atoms with Crippen LogP contribution in [0.2, 0.25) is 5.15 Å². The molecule has 0 aliphatic carbocycles. The van der Waals surface area contributed by atoms with Crippen LogP contribution in [0.25, 0.3) is 0 Å². The average Bonchev–Trinajstić information content (AvgIpc) is 2.10. The fourth-order valence-electron chi connectivity index (χ4n) is 0.655. The number of carbonyl (C=O) groups excluding carboxylic acids is 1. The number of rotatable bonds is 2. The van der Waals surface area contributed by atoms with E-state index >= 15 is 0 Å². The number of hydrogen-bond acceptors (Lipinski definition) is 4. The van der Waals surface area contributed by atoms with Crippen LogP contribution in [0.1, 0.15) is 17.4 Å². The third-order valence-electron chi connectivity index (χ3n) is 1.17. The quantitative estimate of drug-likeness (QED) is 0.768. The second-order valence-corrected chi connectivity index (χ2v) is 3.17. The van der Waals surface area contributed by atoms with Crippen molar-refractivity contribution >= 4 is 33.5 Å². The van der Waals surface area contributed by atoms with Crippen molar-refractivity contribution in [3.8, 4) is 0 Å². The van der Waals surface area contributed by atoms with Gasteiger partial charge in [-0.2, -0.15) is 0 Å². The van der Waals surface area contributed by atoms with E-state index in [0.29, 0.717) is 11.2 Å². The highest BCUT2D eigenvalue weighted by Crippen LogP contribution is 2.16. The monoisotopic (exact) mass is 264 g/mol. The lowest BCUT2D eigenvalue weighted by Crippen LogP contribution is -2.07. The molecule has 0 aliphatic heterocycles. The van der Waals surface area contributed by atoms with Crippen LogP contribution in [0.5, 0.6) is 0 Å². The predicted octanol–water partition coefficient (Wildman–Crippen LogP) is 2.07. The summed E-state index contributed by atoms with van der Waals surface area (Å²) in [5, 5.41) is 0.216. The molecule has 1 rings (SSSR count). The van der Waals surface area contributed by atoms with Crippen molar-refractivity contribution in [3.05, 3.63) is 21.6 Å². The molecule has 0 aromatic carbocycles. The minimum absolute atomic E-state index is 0.137. The SMILES string of the molecule is CCOC(=O)c1cnc(Cl)c(Br)n1. The Bertz CT molecular complexity index is 332. The number of ether oxygens (including phenoxy) is 1. The highest BCUT2D eigenvalue weighted by atomic mass is 79.9. The highest BCUT2D eigenvalue weighted by molar-refractivity contribution is 9.10. The number of halogens is 2. The van der Waals surface area contributed by atoms with Crippen LogP contribution in [-0.2, 0) is 4.74 Å². The van der Waals surface area contributed by atoms with E-state index in [9.17, 15) is 4.79 Å². The van der Waals surface area contributed by atoms with Crippen LogP contribution in [0.3, 0.4) is 0 Å². The van der Waals surface area contributed by atoms with E-state index in [1.54, 1.807) is 6.92 Å². The van der Waals surface area contributed by atoms with Gasteiger partial charge in [0.15, 0.2) is 10.8 Å². The molecule has 0 unspecified atom stereocenters. The minimum Gasteiger partial charge on any atom is -0.461 e. The smallest absolute Gasteiger partial charge is 0.358 e. The van der Waals surface area contributed by atoms with Crippen molar-refractivity contribution in [2.75, 3.05) is 6.61 Å². The first-order valence-corrected chi connectivity index (χ1v) is 4.67. The Morgan fingerprint density at radius 3 is 3.00 bits per heavy atom. The van der Waals surface area contributed by atoms with E-state index in [2.05, 4.69) is 25.9 Å². The second kappa shape index (κ2) is 4.53. The van der Waals surface area contributed by atoms with Crippen molar-refractivity contribution in [1.29, 1.82) is 0 Å². The Morgan fingerprint density at radius 2 is 2.46 bits per heavy atom. The first-order valence-electron chi connectivity index (χ1n) is 3.50. The normalized spacial score (nSPS) is 9.77. The van der Waals surface area contributed by atoms with E-state index in [-0.39, 0.29) is 10.8 Å². The van der Waals surface area contributed by atoms with Crippen molar-refractivity contribution in [2.45, 2.75) is 6.92 Å². The van der Waals surface area contributed by atoms with Crippen LogP contribution in [-0.4, -0.2) is 22.5 Å². The van der Waals surface area contributed by atoms with Crippen LogP contribution >= 0.6 is 27.5 Å². The maximum atomic E-state index is 11.1. The van der Waals surface area contributed by atoms with Gasteiger partial charge in [0.1, 0.15) is 4.60 Å². The summed E-state index contributed by atoms with van der Waals surface area (Å²) in [6, 6.07) is 0. The molecule has 0 fully saturated rings. The molecule has 1 aromatic heterocycles. The van der Waals surface area contributed by atoms with Gasteiger partial charge in [-0.25, -0.2) is 14.8 Å². The van der Waals surface area contributed by atoms with E-state index < -0.39 is 5.97 Å². The van der Waals surface area contributed by atoms with Crippen LogP contribution < -0.4 is 0 Å². The molecule has 0 saturated heterocycles. The van der Waals surface area contributed by atoms with Gasteiger partial charge >= 0.3 is 5.97 Å². The highest BCUT2D eigenvalue weighted by Gasteiger charge is 2.10. The molecule has 6 heteroatoms. The first-order chi connectivity index (χ1) is 6.15. The second-order valence-electron chi connectivity index (χ2n) is 2.06.